The van der Waals surface area contributed by atoms with Gasteiger partial charge in [-0.2, -0.15) is 0 Å². The van der Waals surface area contributed by atoms with Crippen molar-refractivity contribution in [3.8, 4) is 11.1 Å². The van der Waals surface area contributed by atoms with Crippen molar-refractivity contribution in [1.29, 1.82) is 0 Å². The summed E-state index contributed by atoms with van der Waals surface area (Å²) >= 11 is 12.8. The number of fused-ring (bicyclic) bond motifs is 3. The van der Waals surface area contributed by atoms with E-state index in [4.69, 9.17) is 28.9 Å². The van der Waals surface area contributed by atoms with Gasteiger partial charge < -0.3 is 15.5 Å². The predicted octanol–water partition coefficient (Wildman–Crippen LogP) is 6.89. The number of hydrogen-bond acceptors (Lipinski definition) is 3. The first kappa shape index (κ1) is 24.0. The molecule has 4 nitrogen and oxygen atoms in total. The first-order chi connectivity index (χ1) is 16.9. The molecule has 2 aliphatic rings. The number of piperazine rings is 1. The molecule has 1 saturated heterocycles. The van der Waals surface area contributed by atoms with Gasteiger partial charge in [0, 0.05) is 32.1 Å². The Labute approximate surface area is 217 Å². The summed E-state index contributed by atoms with van der Waals surface area (Å²) < 4.78 is 0. The van der Waals surface area contributed by atoms with E-state index in [0.717, 1.165) is 62.4 Å². The fourth-order valence-corrected chi connectivity index (χ4v) is 6.17. The maximum Gasteiger partial charge on any atom is 0.251 e. The summed E-state index contributed by atoms with van der Waals surface area (Å²) in [5, 5.41) is 1.16. The van der Waals surface area contributed by atoms with Crippen LogP contribution in [0.4, 0.5) is 11.4 Å². The molecule has 1 heterocycles. The lowest BCUT2D eigenvalue weighted by molar-refractivity contribution is 0.0999. The van der Waals surface area contributed by atoms with Gasteiger partial charge in [-0.1, -0.05) is 73.8 Å². The van der Waals surface area contributed by atoms with Gasteiger partial charge in [0.05, 0.1) is 27.0 Å². The zero-order valence-corrected chi connectivity index (χ0v) is 21.8. The van der Waals surface area contributed by atoms with Crippen molar-refractivity contribution in [2.45, 2.75) is 39.0 Å². The fourth-order valence-electron chi connectivity index (χ4n) is 5.75. The molecule has 2 N–H and O–H groups in total. The van der Waals surface area contributed by atoms with Crippen molar-refractivity contribution >= 4 is 40.5 Å². The summed E-state index contributed by atoms with van der Waals surface area (Å²) in [6, 6.07) is 16.6. The Kier molecular flexibility index (Phi) is 6.69. The Balaban J connectivity index is 1.58. The molecule has 1 unspecified atom stereocenters. The first-order valence-corrected chi connectivity index (χ1v) is 13.2. The summed E-state index contributed by atoms with van der Waals surface area (Å²) in [6.07, 6.45) is 2.94. The molecule has 3 aromatic rings. The molecule has 1 atom stereocenters. The minimum Gasteiger partial charge on any atom is -0.367 e. The number of primary amides is 1. The second-order valence-electron chi connectivity index (χ2n) is 9.54. The summed E-state index contributed by atoms with van der Waals surface area (Å²) in [4.78, 5) is 17.6. The van der Waals surface area contributed by atoms with E-state index >= 15 is 0 Å². The van der Waals surface area contributed by atoms with Gasteiger partial charge in [0.15, 0.2) is 0 Å². The number of rotatable bonds is 6. The average Bonchev–Trinajstić information content (AvgIpc) is 3.15. The molecule has 0 aromatic heterocycles. The van der Waals surface area contributed by atoms with Gasteiger partial charge in [-0.15, -0.1) is 0 Å². The smallest absolute Gasteiger partial charge is 0.251 e. The number of carbonyl (C=O) groups excluding carboxylic acids is 1. The van der Waals surface area contributed by atoms with Crippen LogP contribution >= 0.6 is 23.2 Å². The number of halogens is 2. The van der Waals surface area contributed by atoms with Gasteiger partial charge in [0.2, 0.25) is 0 Å². The number of aryl methyl sites for hydroxylation is 1. The van der Waals surface area contributed by atoms with Gasteiger partial charge in [-0.25, -0.2) is 0 Å². The summed E-state index contributed by atoms with van der Waals surface area (Å²) in [6.45, 7) is 7.54. The first-order valence-electron chi connectivity index (χ1n) is 12.4. The Morgan fingerprint density at radius 3 is 2.43 bits per heavy atom. The minimum absolute atomic E-state index is 0.204. The Hall–Kier alpha value is -2.69. The molecule has 1 aliphatic heterocycles. The topological polar surface area (TPSA) is 49.6 Å². The van der Waals surface area contributed by atoms with Gasteiger partial charge in [-0.3, -0.25) is 4.79 Å². The summed E-state index contributed by atoms with van der Waals surface area (Å²) in [5.74, 6) is -0.132. The fraction of sp³-hybridized carbons (Fsp3) is 0.345. The molecular weight excluding hydrogens is 477 g/mol. The third-order valence-corrected chi connectivity index (χ3v) is 8.30. The van der Waals surface area contributed by atoms with Gasteiger partial charge >= 0.3 is 0 Å². The molecular formula is C29H31Cl2N3O. The van der Waals surface area contributed by atoms with Crippen LogP contribution in [0.15, 0.2) is 48.5 Å². The van der Waals surface area contributed by atoms with E-state index < -0.39 is 0 Å². The summed E-state index contributed by atoms with van der Waals surface area (Å²) in [5.41, 5.74) is 14.9. The third kappa shape index (κ3) is 4.17. The van der Waals surface area contributed by atoms with Crippen molar-refractivity contribution in [2.24, 2.45) is 5.73 Å². The number of amides is 1. The van der Waals surface area contributed by atoms with Gasteiger partial charge in [-0.05, 0) is 58.9 Å². The lowest BCUT2D eigenvalue weighted by atomic mass is 9.89. The second kappa shape index (κ2) is 9.75. The van der Waals surface area contributed by atoms with E-state index in [1.807, 2.05) is 18.2 Å². The zero-order chi connectivity index (χ0) is 24.7. The normalized spacial score (nSPS) is 16.9. The van der Waals surface area contributed by atoms with E-state index in [1.54, 1.807) is 0 Å². The van der Waals surface area contributed by atoms with Crippen molar-refractivity contribution in [3.05, 3.63) is 80.8 Å². The predicted molar refractivity (Wildman–Crippen MR) is 147 cm³/mol. The number of anilines is 2. The van der Waals surface area contributed by atoms with E-state index in [-0.39, 0.29) is 11.8 Å². The van der Waals surface area contributed by atoms with Crippen LogP contribution in [0.5, 0.6) is 0 Å². The molecule has 0 bridgehead atoms. The van der Waals surface area contributed by atoms with Crippen LogP contribution < -0.4 is 15.5 Å². The maximum atomic E-state index is 12.9. The second-order valence-corrected chi connectivity index (χ2v) is 10.3. The van der Waals surface area contributed by atoms with Crippen molar-refractivity contribution in [1.82, 2.24) is 0 Å². The molecule has 1 aliphatic carbocycles. The van der Waals surface area contributed by atoms with E-state index in [9.17, 15) is 4.79 Å². The van der Waals surface area contributed by atoms with Crippen molar-refractivity contribution in [2.75, 3.05) is 36.0 Å². The van der Waals surface area contributed by atoms with Crippen LogP contribution in [0, 0.1) is 0 Å². The highest BCUT2D eigenvalue weighted by Crippen LogP contribution is 2.51. The molecule has 5 rings (SSSR count). The Morgan fingerprint density at radius 2 is 1.71 bits per heavy atom. The minimum atomic E-state index is -0.336. The van der Waals surface area contributed by atoms with E-state index in [2.05, 4.69) is 54.0 Å². The lowest BCUT2D eigenvalue weighted by Crippen LogP contribution is -2.47. The van der Waals surface area contributed by atoms with Crippen molar-refractivity contribution < 1.29 is 4.79 Å². The number of carbonyl (C=O) groups is 1. The van der Waals surface area contributed by atoms with Crippen molar-refractivity contribution in [3.63, 3.8) is 0 Å². The number of nitrogens with zero attached hydrogens (tertiary/aromatic N) is 2. The molecule has 1 amide bonds. The molecule has 0 radical (unpaired) electrons. The molecule has 3 aromatic carbocycles. The molecule has 6 heteroatoms. The Bertz CT molecular complexity index is 1280. The summed E-state index contributed by atoms with van der Waals surface area (Å²) in [7, 11) is 0. The molecule has 0 saturated carbocycles. The molecule has 35 heavy (non-hydrogen) atoms. The SMILES string of the molecule is CCCCc1cc2c(c(N3CCN(c4cccc(Cl)c4Cl)CC3)c1C(N)=O)C(C)c1ccccc1-2. The molecule has 0 spiro atoms. The van der Waals surface area contributed by atoms with Crippen LogP contribution in [0.1, 0.15) is 59.7 Å². The van der Waals surface area contributed by atoms with Crippen LogP contribution in [0.25, 0.3) is 11.1 Å². The standard InChI is InChI=1S/C29H31Cl2N3O/c1-3-4-8-19-17-22-21-10-6-5-9-20(21)18(2)25(22)28(26(19)29(32)35)34-15-13-33(14-16-34)24-12-7-11-23(30)27(24)31/h5-7,9-12,17-18H,3-4,8,13-16H2,1-2H3,(H2,32,35). The largest absolute Gasteiger partial charge is 0.367 e. The lowest BCUT2D eigenvalue weighted by Gasteiger charge is -2.40. The number of unbranched alkanes of at least 4 members (excludes halogenated alkanes) is 1. The van der Waals surface area contributed by atoms with Crippen LogP contribution in [-0.2, 0) is 6.42 Å². The quantitative estimate of drug-likeness (QED) is 0.394. The van der Waals surface area contributed by atoms with Crippen LogP contribution in [0.3, 0.4) is 0 Å². The molecule has 182 valence electrons. The third-order valence-electron chi connectivity index (χ3n) is 7.49. The van der Waals surface area contributed by atoms with E-state index in [1.165, 1.54) is 22.3 Å². The molecule has 1 fully saturated rings. The number of hydrogen-bond donors (Lipinski definition) is 1. The number of benzene rings is 3. The highest BCUT2D eigenvalue weighted by Gasteiger charge is 2.35. The van der Waals surface area contributed by atoms with E-state index in [0.29, 0.717) is 15.6 Å². The van der Waals surface area contributed by atoms with Crippen LogP contribution in [0.2, 0.25) is 10.0 Å². The van der Waals surface area contributed by atoms with Gasteiger partial charge in [0.25, 0.3) is 5.91 Å². The average molecular weight is 508 g/mol. The number of nitrogens with two attached hydrogens (primary N) is 1. The maximum absolute atomic E-state index is 12.9. The Morgan fingerprint density at radius 1 is 1.00 bits per heavy atom. The van der Waals surface area contributed by atoms with Crippen LogP contribution in [-0.4, -0.2) is 32.1 Å². The highest BCUT2D eigenvalue weighted by atomic mass is 35.5. The van der Waals surface area contributed by atoms with Gasteiger partial charge in [0.1, 0.15) is 0 Å². The monoisotopic (exact) mass is 507 g/mol. The highest BCUT2D eigenvalue weighted by molar-refractivity contribution is 6.43. The zero-order valence-electron chi connectivity index (χ0n) is 20.3.